The van der Waals surface area contributed by atoms with Gasteiger partial charge in [0.1, 0.15) is 5.82 Å². The monoisotopic (exact) mass is 293 g/mol. The van der Waals surface area contributed by atoms with E-state index in [0.717, 1.165) is 11.6 Å². The molecule has 0 saturated carbocycles. The first-order chi connectivity index (χ1) is 10.0. The van der Waals surface area contributed by atoms with Crippen LogP contribution in [0.3, 0.4) is 0 Å². The largest absolute Gasteiger partial charge is 0.310 e. The summed E-state index contributed by atoms with van der Waals surface area (Å²) < 4.78 is 41.1. The highest BCUT2D eigenvalue weighted by Gasteiger charge is 2.18. The van der Waals surface area contributed by atoms with Crippen LogP contribution in [0.5, 0.6) is 0 Å². The van der Waals surface area contributed by atoms with E-state index in [0.29, 0.717) is 12.1 Å². The third-order valence-electron chi connectivity index (χ3n) is 3.43. The molecule has 0 heterocycles. The van der Waals surface area contributed by atoms with Crippen LogP contribution < -0.4 is 5.32 Å². The number of likely N-dealkylation sites (N-methyl/N-ethyl adjacent to an activating group) is 1. The van der Waals surface area contributed by atoms with Crippen molar-refractivity contribution >= 4 is 0 Å². The summed E-state index contributed by atoms with van der Waals surface area (Å²) in [4.78, 5) is 0. The third-order valence-corrected chi connectivity index (χ3v) is 3.43. The van der Waals surface area contributed by atoms with Gasteiger partial charge < -0.3 is 5.32 Å². The van der Waals surface area contributed by atoms with Crippen molar-refractivity contribution in [2.24, 2.45) is 0 Å². The molecule has 21 heavy (non-hydrogen) atoms. The molecule has 0 amide bonds. The molecule has 0 saturated heterocycles. The molecule has 4 heteroatoms. The van der Waals surface area contributed by atoms with Gasteiger partial charge in [0, 0.05) is 11.6 Å². The van der Waals surface area contributed by atoms with Crippen molar-refractivity contribution in [1.82, 2.24) is 5.32 Å². The van der Waals surface area contributed by atoms with Crippen LogP contribution in [0.25, 0.3) is 0 Å². The first-order valence-corrected chi connectivity index (χ1v) is 6.95. The highest BCUT2D eigenvalue weighted by molar-refractivity contribution is 5.29. The minimum atomic E-state index is -0.882. The Bertz CT molecular complexity index is 625. The van der Waals surface area contributed by atoms with E-state index >= 15 is 0 Å². The maximum absolute atomic E-state index is 14.0. The van der Waals surface area contributed by atoms with Crippen molar-refractivity contribution in [1.29, 1.82) is 0 Å². The summed E-state index contributed by atoms with van der Waals surface area (Å²) in [7, 11) is 0. The number of rotatable bonds is 5. The van der Waals surface area contributed by atoms with Gasteiger partial charge in [-0.3, -0.25) is 0 Å². The molecule has 1 atom stereocenters. The van der Waals surface area contributed by atoms with Gasteiger partial charge in [-0.25, -0.2) is 13.2 Å². The molecule has 2 rings (SSSR count). The van der Waals surface area contributed by atoms with E-state index in [1.807, 2.05) is 13.8 Å². The average molecular weight is 293 g/mol. The van der Waals surface area contributed by atoms with Crippen molar-refractivity contribution in [2.75, 3.05) is 6.54 Å². The van der Waals surface area contributed by atoms with Crippen LogP contribution in [0.4, 0.5) is 13.2 Å². The van der Waals surface area contributed by atoms with Gasteiger partial charge in [0.25, 0.3) is 0 Å². The molecule has 0 radical (unpaired) electrons. The summed E-state index contributed by atoms with van der Waals surface area (Å²) >= 11 is 0. The van der Waals surface area contributed by atoms with E-state index in [9.17, 15) is 13.2 Å². The van der Waals surface area contributed by atoms with Gasteiger partial charge in [0.15, 0.2) is 11.6 Å². The predicted octanol–water partition coefficient (Wildman–Crippen LogP) is 4.31. The van der Waals surface area contributed by atoms with Crippen molar-refractivity contribution in [3.63, 3.8) is 0 Å². The van der Waals surface area contributed by atoms with Crippen LogP contribution in [0, 0.1) is 24.4 Å². The fraction of sp³-hybridized carbons (Fsp3) is 0.294. The second-order valence-electron chi connectivity index (χ2n) is 5.05. The van der Waals surface area contributed by atoms with E-state index in [2.05, 4.69) is 5.32 Å². The van der Waals surface area contributed by atoms with E-state index in [-0.39, 0.29) is 17.8 Å². The zero-order valence-corrected chi connectivity index (χ0v) is 12.1. The van der Waals surface area contributed by atoms with Crippen molar-refractivity contribution in [2.45, 2.75) is 26.3 Å². The van der Waals surface area contributed by atoms with Crippen molar-refractivity contribution < 1.29 is 13.2 Å². The molecule has 1 N–H and O–H groups in total. The Hall–Kier alpha value is -1.81. The van der Waals surface area contributed by atoms with E-state index in [4.69, 9.17) is 0 Å². The van der Waals surface area contributed by atoms with Gasteiger partial charge in [0.2, 0.25) is 0 Å². The normalized spacial score (nSPS) is 12.4. The maximum atomic E-state index is 14.0. The van der Waals surface area contributed by atoms with Gasteiger partial charge in [-0.1, -0.05) is 36.8 Å². The van der Waals surface area contributed by atoms with Crippen LogP contribution >= 0.6 is 0 Å². The molecule has 0 aromatic heterocycles. The van der Waals surface area contributed by atoms with Gasteiger partial charge in [-0.05, 0) is 37.6 Å². The maximum Gasteiger partial charge on any atom is 0.162 e. The zero-order chi connectivity index (χ0) is 15.4. The van der Waals surface area contributed by atoms with E-state index in [1.165, 1.54) is 18.2 Å². The Kier molecular flexibility index (Phi) is 5.02. The molecular formula is C17H18F3N. The molecule has 1 nitrogen and oxygen atoms in total. The molecule has 0 aliphatic heterocycles. The zero-order valence-electron chi connectivity index (χ0n) is 12.1. The molecular weight excluding hydrogens is 275 g/mol. The highest BCUT2D eigenvalue weighted by atomic mass is 19.2. The van der Waals surface area contributed by atoms with Gasteiger partial charge in [-0.15, -0.1) is 0 Å². The quantitative estimate of drug-likeness (QED) is 0.866. The molecule has 112 valence electrons. The lowest BCUT2D eigenvalue weighted by molar-refractivity contribution is 0.472. The smallest absolute Gasteiger partial charge is 0.162 e. The Morgan fingerprint density at radius 1 is 1.05 bits per heavy atom. The minimum absolute atomic E-state index is 0.192. The topological polar surface area (TPSA) is 12.0 Å². The fourth-order valence-electron chi connectivity index (χ4n) is 2.39. The Morgan fingerprint density at radius 3 is 2.52 bits per heavy atom. The van der Waals surface area contributed by atoms with E-state index in [1.54, 1.807) is 12.1 Å². The average Bonchev–Trinajstić information content (AvgIpc) is 2.46. The lowest BCUT2D eigenvalue weighted by Crippen LogP contribution is -2.24. The van der Waals surface area contributed by atoms with Crippen LogP contribution in [0.2, 0.25) is 0 Å². The SMILES string of the molecule is CCNC(Cc1cccc(F)c1F)c1cc(C)ccc1F. The number of nitrogens with one attached hydrogen (secondary N) is 1. The lowest BCUT2D eigenvalue weighted by Gasteiger charge is -2.20. The summed E-state index contributed by atoms with van der Waals surface area (Å²) in [6.07, 6.45) is 0.192. The molecule has 0 spiro atoms. The predicted molar refractivity (Wildman–Crippen MR) is 77.6 cm³/mol. The second-order valence-corrected chi connectivity index (χ2v) is 5.05. The summed E-state index contributed by atoms with van der Waals surface area (Å²) in [5.74, 6) is -2.09. The first kappa shape index (κ1) is 15.6. The van der Waals surface area contributed by atoms with Crippen LogP contribution in [-0.4, -0.2) is 6.54 Å². The molecule has 0 bridgehead atoms. The molecule has 2 aromatic rings. The van der Waals surface area contributed by atoms with Gasteiger partial charge in [-0.2, -0.15) is 0 Å². The Balaban J connectivity index is 2.35. The van der Waals surface area contributed by atoms with Crippen LogP contribution in [-0.2, 0) is 6.42 Å². The number of halogens is 3. The molecule has 0 aliphatic carbocycles. The molecule has 1 unspecified atom stereocenters. The number of aryl methyl sites for hydroxylation is 1. The van der Waals surface area contributed by atoms with Crippen LogP contribution in [0.1, 0.15) is 29.7 Å². The third kappa shape index (κ3) is 3.64. The van der Waals surface area contributed by atoms with E-state index < -0.39 is 17.7 Å². The van der Waals surface area contributed by atoms with Gasteiger partial charge >= 0.3 is 0 Å². The first-order valence-electron chi connectivity index (χ1n) is 6.95. The standard InChI is InChI=1S/C17H18F3N/c1-3-21-16(13-9-11(2)7-8-14(13)18)10-12-5-4-6-15(19)17(12)20/h4-9,16,21H,3,10H2,1-2H3. The Labute approximate surface area is 122 Å². The second kappa shape index (κ2) is 6.76. The summed E-state index contributed by atoms with van der Waals surface area (Å²) in [5.41, 5.74) is 1.64. The number of hydrogen-bond donors (Lipinski definition) is 1. The van der Waals surface area contributed by atoms with Crippen molar-refractivity contribution in [3.8, 4) is 0 Å². The minimum Gasteiger partial charge on any atom is -0.310 e. The summed E-state index contributed by atoms with van der Waals surface area (Å²) in [6, 6.07) is 8.49. The molecule has 0 aliphatic rings. The Morgan fingerprint density at radius 2 is 1.81 bits per heavy atom. The summed E-state index contributed by atoms with van der Waals surface area (Å²) in [5, 5.41) is 3.13. The fourth-order valence-corrected chi connectivity index (χ4v) is 2.39. The van der Waals surface area contributed by atoms with Gasteiger partial charge in [0.05, 0.1) is 0 Å². The number of benzene rings is 2. The lowest BCUT2D eigenvalue weighted by atomic mass is 9.96. The molecule has 2 aromatic carbocycles. The number of hydrogen-bond acceptors (Lipinski definition) is 1. The van der Waals surface area contributed by atoms with Crippen LogP contribution in [0.15, 0.2) is 36.4 Å². The molecule has 0 fully saturated rings. The highest BCUT2D eigenvalue weighted by Crippen LogP contribution is 2.24. The summed E-state index contributed by atoms with van der Waals surface area (Å²) in [6.45, 7) is 4.37. The van der Waals surface area contributed by atoms with Crippen molar-refractivity contribution in [3.05, 3.63) is 70.5 Å².